The molecule has 0 aromatic heterocycles. The van der Waals surface area contributed by atoms with Crippen molar-refractivity contribution in [1.82, 2.24) is 4.31 Å². The normalized spacial score (nSPS) is 14.1. The monoisotopic (exact) mass is 327 g/mol. The van der Waals surface area contributed by atoms with Gasteiger partial charge in [-0.1, -0.05) is 43.7 Å². The highest BCUT2D eigenvalue weighted by Gasteiger charge is 2.32. The molecule has 0 saturated carbocycles. The van der Waals surface area contributed by atoms with E-state index in [2.05, 4.69) is 0 Å². The number of nitrogens with zero attached hydrogens (tertiary/aromatic N) is 1. The Morgan fingerprint density at radius 2 is 1.73 bits per heavy atom. The highest BCUT2D eigenvalue weighted by atomic mass is 32.2. The first-order valence-electron chi connectivity index (χ1n) is 7.29. The SMILES string of the molecule is Cc1ccc(S(=O)(=O)N(C/C=C\CO)[C@H](CO)C(C)C)cc1. The summed E-state index contributed by atoms with van der Waals surface area (Å²) in [5.41, 5.74) is 0.980. The lowest BCUT2D eigenvalue weighted by Crippen LogP contribution is -2.45. The standard InChI is InChI=1S/C16H25NO4S/c1-13(2)16(12-19)17(10-4-5-11-18)22(20,21)15-8-6-14(3)7-9-15/h4-9,13,16,18-19H,10-12H2,1-3H3/b5-4-/t16-/m1/s1. The molecule has 0 aliphatic rings. The van der Waals surface area contributed by atoms with Crippen molar-refractivity contribution in [3.8, 4) is 0 Å². The lowest BCUT2D eigenvalue weighted by atomic mass is 10.1. The molecule has 0 unspecified atom stereocenters. The van der Waals surface area contributed by atoms with Gasteiger partial charge in [0.15, 0.2) is 0 Å². The van der Waals surface area contributed by atoms with E-state index in [-0.39, 0.29) is 30.6 Å². The maximum Gasteiger partial charge on any atom is 0.243 e. The van der Waals surface area contributed by atoms with Crippen molar-refractivity contribution >= 4 is 10.0 Å². The molecule has 0 aliphatic carbocycles. The highest BCUT2D eigenvalue weighted by molar-refractivity contribution is 7.89. The van der Waals surface area contributed by atoms with E-state index in [4.69, 9.17) is 5.11 Å². The summed E-state index contributed by atoms with van der Waals surface area (Å²) >= 11 is 0. The van der Waals surface area contributed by atoms with Crippen LogP contribution in [0.15, 0.2) is 41.3 Å². The fourth-order valence-corrected chi connectivity index (χ4v) is 3.84. The van der Waals surface area contributed by atoms with Gasteiger partial charge in [-0.25, -0.2) is 8.42 Å². The molecule has 6 heteroatoms. The molecule has 0 saturated heterocycles. The predicted molar refractivity (Wildman–Crippen MR) is 87.0 cm³/mol. The highest BCUT2D eigenvalue weighted by Crippen LogP contribution is 2.22. The van der Waals surface area contributed by atoms with Crippen molar-refractivity contribution in [2.45, 2.75) is 31.7 Å². The van der Waals surface area contributed by atoms with Crippen molar-refractivity contribution in [2.24, 2.45) is 5.92 Å². The largest absolute Gasteiger partial charge is 0.395 e. The Bertz CT molecular complexity index is 579. The zero-order chi connectivity index (χ0) is 16.8. The summed E-state index contributed by atoms with van der Waals surface area (Å²) in [6.45, 7) is 5.34. The number of hydrogen-bond donors (Lipinski definition) is 2. The number of aliphatic hydroxyl groups excluding tert-OH is 2. The van der Waals surface area contributed by atoms with Crippen LogP contribution >= 0.6 is 0 Å². The Labute approximate surface area is 133 Å². The van der Waals surface area contributed by atoms with Gasteiger partial charge in [-0.05, 0) is 25.0 Å². The van der Waals surface area contributed by atoms with Gasteiger partial charge in [-0.15, -0.1) is 0 Å². The van der Waals surface area contributed by atoms with E-state index in [0.717, 1.165) is 5.56 Å². The Morgan fingerprint density at radius 1 is 1.14 bits per heavy atom. The van der Waals surface area contributed by atoms with Gasteiger partial charge >= 0.3 is 0 Å². The second kappa shape index (κ2) is 8.43. The molecule has 0 radical (unpaired) electrons. The van der Waals surface area contributed by atoms with Crippen LogP contribution in [0.5, 0.6) is 0 Å². The van der Waals surface area contributed by atoms with Gasteiger partial charge in [0.1, 0.15) is 0 Å². The van der Waals surface area contributed by atoms with Crippen molar-refractivity contribution in [1.29, 1.82) is 0 Å². The van der Waals surface area contributed by atoms with Gasteiger partial charge in [-0.3, -0.25) is 0 Å². The third kappa shape index (κ3) is 4.64. The van der Waals surface area contributed by atoms with E-state index in [9.17, 15) is 13.5 Å². The number of aryl methyl sites for hydroxylation is 1. The minimum atomic E-state index is -3.71. The van der Waals surface area contributed by atoms with E-state index in [1.54, 1.807) is 30.3 Å². The molecule has 0 spiro atoms. The van der Waals surface area contributed by atoms with Crippen molar-refractivity contribution < 1.29 is 18.6 Å². The summed E-state index contributed by atoms with van der Waals surface area (Å²) in [7, 11) is -3.71. The minimum absolute atomic E-state index is 0.0345. The summed E-state index contributed by atoms with van der Waals surface area (Å²) in [6, 6.07) is 6.12. The summed E-state index contributed by atoms with van der Waals surface area (Å²) in [6.07, 6.45) is 3.09. The summed E-state index contributed by atoms with van der Waals surface area (Å²) < 4.78 is 27.0. The van der Waals surface area contributed by atoms with Crippen LogP contribution in [-0.2, 0) is 10.0 Å². The van der Waals surface area contributed by atoms with E-state index in [1.807, 2.05) is 20.8 Å². The Morgan fingerprint density at radius 3 is 2.18 bits per heavy atom. The maximum absolute atomic E-state index is 12.9. The van der Waals surface area contributed by atoms with Crippen LogP contribution in [0.4, 0.5) is 0 Å². The van der Waals surface area contributed by atoms with Gasteiger partial charge in [-0.2, -0.15) is 4.31 Å². The van der Waals surface area contributed by atoms with Crippen LogP contribution in [-0.4, -0.2) is 48.7 Å². The van der Waals surface area contributed by atoms with E-state index < -0.39 is 16.1 Å². The smallest absolute Gasteiger partial charge is 0.243 e. The third-order valence-corrected chi connectivity index (χ3v) is 5.42. The number of rotatable bonds is 8. The van der Waals surface area contributed by atoms with Crippen molar-refractivity contribution in [3.05, 3.63) is 42.0 Å². The molecule has 1 atom stereocenters. The molecule has 1 rings (SSSR count). The van der Waals surface area contributed by atoms with Crippen LogP contribution < -0.4 is 0 Å². The molecule has 0 bridgehead atoms. The molecule has 1 aromatic carbocycles. The predicted octanol–water partition coefficient (Wildman–Crippen LogP) is 1.55. The molecule has 2 N–H and O–H groups in total. The topological polar surface area (TPSA) is 77.8 Å². The lowest BCUT2D eigenvalue weighted by molar-refractivity contribution is 0.159. The molecular weight excluding hydrogens is 302 g/mol. The molecule has 0 aliphatic heterocycles. The molecule has 0 heterocycles. The van der Waals surface area contributed by atoms with Crippen molar-refractivity contribution in [3.63, 3.8) is 0 Å². The van der Waals surface area contributed by atoms with Gasteiger partial charge in [0.05, 0.1) is 24.2 Å². The molecule has 0 amide bonds. The average Bonchev–Trinajstić information content (AvgIpc) is 2.46. The summed E-state index contributed by atoms with van der Waals surface area (Å²) in [5.74, 6) is -0.0345. The van der Waals surface area contributed by atoms with E-state index in [1.165, 1.54) is 10.4 Å². The molecule has 5 nitrogen and oxygen atoms in total. The van der Waals surface area contributed by atoms with Crippen LogP contribution in [0.2, 0.25) is 0 Å². The van der Waals surface area contributed by atoms with Gasteiger partial charge < -0.3 is 10.2 Å². The second-order valence-corrected chi connectivity index (χ2v) is 7.43. The van der Waals surface area contributed by atoms with Gasteiger partial charge in [0.25, 0.3) is 0 Å². The fraction of sp³-hybridized carbons (Fsp3) is 0.500. The first kappa shape index (κ1) is 18.8. The van der Waals surface area contributed by atoms with E-state index in [0.29, 0.717) is 0 Å². The number of benzene rings is 1. The van der Waals surface area contributed by atoms with Crippen LogP contribution in [0.25, 0.3) is 0 Å². The minimum Gasteiger partial charge on any atom is -0.395 e. The van der Waals surface area contributed by atoms with Crippen LogP contribution in [0, 0.1) is 12.8 Å². The molecule has 124 valence electrons. The van der Waals surface area contributed by atoms with Gasteiger partial charge in [0, 0.05) is 6.54 Å². The Balaban J connectivity index is 3.22. The quantitative estimate of drug-likeness (QED) is 0.710. The maximum atomic E-state index is 12.9. The molecular formula is C16H25NO4S. The van der Waals surface area contributed by atoms with Crippen LogP contribution in [0.1, 0.15) is 19.4 Å². The second-order valence-electron chi connectivity index (χ2n) is 5.54. The molecule has 22 heavy (non-hydrogen) atoms. The fourth-order valence-electron chi connectivity index (χ4n) is 2.14. The zero-order valence-electron chi connectivity index (χ0n) is 13.3. The average molecular weight is 327 g/mol. The molecule has 1 aromatic rings. The lowest BCUT2D eigenvalue weighted by Gasteiger charge is -2.31. The summed E-state index contributed by atoms with van der Waals surface area (Å²) in [5, 5.41) is 18.4. The Kier molecular flexibility index (Phi) is 7.22. The van der Waals surface area contributed by atoms with Crippen molar-refractivity contribution in [2.75, 3.05) is 19.8 Å². The third-order valence-electron chi connectivity index (χ3n) is 3.51. The number of hydrogen-bond acceptors (Lipinski definition) is 4. The van der Waals surface area contributed by atoms with E-state index >= 15 is 0 Å². The Hall–Kier alpha value is -1.21. The number of sulfonamides is 1. The number of aliphatic hydroxyl groups is 2. The first-order chi connectivity index (χ1) is 10.3. The zero-order valence-corrected chi connectivity index (χ0v) is 14.1. The first-order valence-corrected chi connectivity index (χ1v) is 8.73. The summed E-state index contributed by atoms with van der Waals surface area (Å²) in [4.78, 5) is 0.203. The van der Waals surface area contributed by atoms with Crippen LogP contribution in [0.3, 0.4) is 0 Å². The van der Waals surface area contributed by atoms with Gasteiger partial charge in [0.2, 0.25) is 10.0 Å². The molecule has 0 fully saturated rings.